The summed E-state index contributed by atoms with van der Waals surface area (Å²) in [5.74, 6) is 1.65. The first-order valence-electron chi connectivity index (χ1n) is 4.50. The molecule has 2 heterocycles. The maximum atomic E-state index is 8.55. The summed E-state index contributed by atoms with van der Waals surface area (Å²) < 4.78 is 10.3. The minimum Gasteiger partial charge on any atom is -0.488 e. The number of aliphatic hydroxyl groups excluding tert-OH is 1. The van der Waals surface area contributed by atoms with Crippen molar-refractivity contribution in [3.05, 3.63) is 30.8 Å². The first kappa shape index (κ1) is 9.67. The normalized spacial score (nSPS) is 10.2. The molecule has 2 rings (SSSR count). The number of aromatic nitrogens is 2. The van der Waals surface area contributed by atoms with Crippen LogP contribution in [-0.2, 0) is 0 Å². The van der Waals surface area contributed by atoms with Gasteiger partial charge in [-0.2, -0.15) is 0 Å². The Morgan fingerprint density at radius 3 is 2.73 bits per heavy atom. The molecule has 0 unspecified atom stereocenters. The van der Waals surface area contributed by atoms with Crippen LogP contribution in [0.1, 0.15) is 0 Å². The second kappa shape index (κ2) is 4.56. The van der Waals surface area contributed by atoms with Crippen molar-refractivity contribution in [2.45, 2.75) is 0 Å². The topological polar surface area (TPSA) is 68.4 Å². The van der Waals surface area contributed by atoms with Crippen molar-refractivity contribution >= 4 is 0 Å². The van der Waals surface area contributed by atoms with E-state index in [2.05, 4.69) is 9.97 Å². The van der Waals surface area contributed by atoms with Crippen molar-refractivity contribution in [1.82, 2.24) is 9.97 Å². The van der Waals surface area contributed by atoms with E-state index in [9.17, 15) is 0 Å². The molecule has 5 heteroatoms. The van der Waals surface area contributed by atoms with Gasteiger partial charge in [0.2, 0.25) is 0 Å². The molecule has 5 nitrogen and oxygen atoms in total. The molecule has 0 aliphatic heterocycles. The fraction of sp³-hybridized carbons (Fsp3) is 0.200. The van der Waals surface area contributed by atoms with Crippen molar-refractivity contribution < 1.29 is 14.3 Å². The SMILES string of the molecule is OCCOc1cnc(-c2ccco2)nc1. The first-order chi connectivity index (χ1) is 7.40. The molecule has 0 bridgehead atoms. The predicted molar refractivity (Wildman–Crippen MR) is 52.3 cm³/mol. The van der Waals surface area contributed by atoms with E-state index >= 15 is 0 Å². The quantitative estimate of drug-likeness (QED) is 0.811. The van der Waals surface area contributed by atoms with Crippen LogP contribution in [-0.4, -0.2) is 28.3 Å². The number of aliphatic hydroxyl groups is 1. The van der Waals surface area contributed by atoms with Crippen LogP contribution >= 0.6 is 0 Å². The van der Waals surface area contributed by atoms with Crippen LogP contribution in [0.3, 0.4) is 0 Å². The molecule has 0 fully saturated rings. The lowest BCUT2D eigenvalue weighted by Crippen LogP contribution is -2.02. The summed E-state index contributed by atoms with van der Waals surface area (Å²) in [4.78, 5) is 8.13. The van der Waals surface area contributed by atoms with Crippen molar-refractivity contribution in [2.75, 3.05) is 13.2 Å². The van der Waals surface area contributed by atoms with E-state index in [0.717, 1.165) is 0 Å². The molecule has 0 radical (unpaired) electrons. The lowest BCUT2D eigenvalue weighted by atomic mass is 10.4. The molecular weight excluding hydrogens is 196 g/mol. The Morgan fingerprint density at radius 1 is 1.33 bits per heavy atom. The fourth-order valence-corrected chi connectivity index (χ4v) is 1.09. The van der Waals surface area contributed by atoms with Gasteiger partial charge in [0.15, 0.2) is 17.3 Å². The van der Waals surface area contributed by atoms with E-state index in [-0.39, 0.29) is 13.2 Å². The van der Waals surface area contributed by atoms with Gasteiger partial charge in [0, 0.05) is 0 Å². The molecule has 2 aromatic rings. The summed E-state index contributed by atoms with van der Waals surface area (Å²) in [6.45, 7) is 0.212. The Hall–Kier alpha value is -1.88. The van der Waals surface area contributed by atoms with Gasteiger partial charge in [0.05, 0.1) is 25.3 Å². The molecule has 0 aliphatic carbocycles. The minimum atomic E-state index is -0.0278. The van der Waals surface area contributed by atoms with Crippen molar-refractivity contribution in [3.63, 3.8) is 0 Å². The van der Waals surface area contributed by atoms with Crippen molar-refractivity contribution in [3.8, 4) is 17.3 Å². The van der Waals surface area contributed by atoms with E-state index in [0.29, 0.717) is 17.3 Å². The molecule has 78 valence electrons. The Balaban J connectivity index is 2.11. The van der Waals surface area contributed by atoms with E-state index in [1.165, 1.54) is 0 Å². The molecule has 0 amide bonds. The number of rotatable bonds is 4. The lowest BCUT2D eigenvalue weighted by Gasteiger charge is -2.02. The van der Waals surface area contributed by atoms with Crippen LogP contribution in [0.4, 0.5) is 0 Å². The first-order valence-corrected chi connectivity index (χ1v) is 4.50. The monoisotopic (exact) mass is 206 g/mol. The molecule has 0 atom stereocenters. The van der Waals surface area contributed by atoms with Crippen LogP contribution in [0.15, 0.2) is 35.2 Å². The van der Waals surface area contributed by atoms with E-state index in [1.807, 2.05) is 0 Å². The molecule has 0 spiro atoms. The standard InChI is InChI=1S/C10H10N2O3/c13-3-5-14-8-6-11-10(12-7-8)9-2-1-4-15-9/h1-2,4,6-7,13H,3,5H2. The Labute approximate surface area is 86.4 Å². The summed E-state index contributed by atoms with van der Waals surface area (Å²) >= 11 is 0. The van der Waals surface area contributed by atoms with Crippen LogP contribution < -0.4 is 4.74 Å². The molecular formula is C10H10N2O3. The lowest BCUT2D eigenvalue weighted by molar-refractivity contribution is 0.200. The third kappa shape index (κ3) is 2.32. The molecule has 0 saturated carbocycles. The Bertz CT molecular complexity index is 397. The third-order valence-corrected chi connectivity index (χ3v) is 1.73. The zero-order chi connectivity index (χ0) is 10.5. The van der Waals surface area contributed by atoms with Crippen LogP contribution in [0.25, 0.3) is 11.6 Å². The van der Waals surface area contributed by atoms with Crippen molar-refractivity contribution in [2.24, 2.45) is 0 Å². The predicted octanol–water partition coefficient (Wildman–Crippen LogP) is 1.11. The smallest absolute Gasteiger partial charge is 0.195 e. The summed E-state index contributed by atoms with van der Waals surface area (Å²) in [6.07, 6.45) is 4.65. The highest BCUT2D eigenvalue weighted by molar-refractivity contribution is 5.45. The van der Waals surface area contributed by atoms with Gasteiger partial charge in [0.1, 0.15) is 6.61 Å². The molecule has 0 saturated heterocycles. The van der Waals surface area contributed by atoms with E-state index in [4.69, 9.17) is 14.3 Å². The van der Waals surface area contributed by atoms with Gasteiger partial charge < -0.3 is 14.3 Å². The highest BCUT2D eigenvalue weighted by Gasteiger charge is 2.03. The number of nitrogens with zero attached hydrogens (tertiary/aromatic N) is 2. The zero-order valence-electron chi connectivity index (χ0n) is 7.96. The Morgan fingerprint density at radius 2 is 2.13 bits per heavy atom. The van der Waals surface area contributed by atoms with Crippen LogP contribution in [0.5, 0.6) is 5.75 Å². The Kier molecular flexibility index (Phi) is 2.94. The second-order valence-electron chi connectivity index (χ2n) is 2.79. The number of furan rings is 1. The van der Waals surface area contributed by atoms with Crippen molar-refractivity contribution in [1.29, 1.82) is 0 Å². The largest absolute Gasteiger partial charge is 0.488 e. The van der Waals surface area contributed by atoms with Gasteiger partial charge in [0.25, 0.3) is 0 Å². The fourth-order valence-electron chi connectivity index (χ4n) is 1.09. The van der Waals surface area contributed by atoms with Gasteiger partial charge in [-0.15, -0.1) is 0 Å². The third-order valence-electron chi connectivity index (χ3n) is 1.73. The zero-order valence-corrected chi connectivity index (χ0v) is 7.96. The summed E-state index contributed by atoms with van der Waals surface area (Å²) in [7, 11) is 0. The molecule has 0 aliphatic rings. The average Bonchev–Trinajstić information content (AvgIpc) is 2.80. The van der Waals surface area contributed by atoms with E-state index in [1.54, 1.807) is 30.8 Å². The second-order valence-corrected chi connectivity index (χ2v) is 2.79. The van der Waals surface area contributed by atoms with Gasteiger partial charge >= 0.3 is 0 Å². The van der Waals surface area contributed by atoms with Gasteiger partial charge in [-0.3, -0.25) is 0 Å². The highest BCUT2D eigenvalue weighted by atomic mass is 16.5. The summed E-state index contributed by atoms with van der Waals surface area (Å²) in [6, 6.07) is 3.55. The number of hydrogen-bond acceptors (Lipinski definition) is 5. The molecule has 1 N–H and O–H groups in total. The maximum Gasteiger partial charge on any atom is 0.195 e. The van der Waals surface area contributed by atoms with Gasteiger partial charge in [-0.05, 0) is 12.1 Å². The number of hydrogen-bond donors (Lipinski definition) is 1. The molecule has 15 heavy (non-hydrogen) atoms. The average molecular weight is 206 g/mol. The van der Waals surface area contributed by atoms with E-state index < -0.39 is 0 Å². The summed E-state index contributed by atoms with van der Waals surface area (Å²) in [5.41, 5.74) is 0. The van der Waals surface area contributed by atoms with Gasteiger partial charge in [-0.25, -0.2) is 9.97 Å². The molecule has 2 aromatic heterocycles. The van der Waals surface area contributed by atoms with Crippen LogP contribution in [0, 0.1) is 0 Å². The summed E-state index contributed by atoms with van der Waals surface area (Å²) in [5, 5.41) is 8.55. The minimum absolute atomic E-state index is 0.0278. The van der Waals surface area contributed by atoms with Crippen LogP contribution in [0.2, 0.25) is 0 Å². The maximum absolute atomic E-state index is 8.55. The van der Waals surface area contributed by atoms with Gasteiger partial charge in [-0.1, -0.05) is 0 Å². The molecule has 0 aromatic carbocycles. The number of ether oxygens (including phenoxy) is 1. The highest BCUT2D eigenvalue weighted by Crippen LogP contribution is 2.16.